The molecule has 2 N–H and O–H groups in total. The fourth-order valence-corrected chi connectivity index (χ4v) is 3.45. The van der Waals surface area contributed by atoms with Gasteiger partial charge in [0.1, 0.15) is 0 Å². The van der Waals surface area contributed by atoms with Crippen molar-refractivity contribution in [1.29, 1.82) is 0 Å². The van der Waals surface area contributed by atoms with Gasteiger partial charge < -0.3 is 10.6 Å². The summed E-state index contributed by atoms with van der Waals surface area (Å²) in [6.45, 7) is 15.1. The van der Waals surface area contributed by atoms with Gasteiger partial charge in [0.15, 0.2) is 0 Å². The Morgan fingerprint density at radius 2 is 1.78 bits per heavy atom. The molecule has 0 bridgehead atoms. The first kappa shape index (κ1) is 20.6. The van der Waals surface area contributed by atoms with Gasteiger partial charge in [0, 0.05) is 22.6 Å². The van der Waals surface area contributed by atoms with Gasteiger partial charge >= 0.3 is 0 Å². The molecule has 1 rings (SSSR count). The lowest BCUT2D eigenvalue weighted by Gasteiger charge is -2.27. The Kier molecular flexibility index (Phi) is 8.15. The van der Waals surface area contributed by atoms with Crippen LogP contribution in [0.2, 0.25) is 0 Å². The molecule has 0 radical (unpaired) electrons. The molecule has 0 atom stereocenters. The van der Waals surface area contributed by atoms with Gasteiger partial charge in [0.05, 0.1) is 11.4 Å². The third-order valence-electron chi connectivity index (χ3n) is 3.67. The molecule has 2 nitrogen and oxygen atoms in total. The van der Waals surface area contributed by atoms with Crippen LogP contribution in [0.15, 0.2) is 18.2 Å². The molecule has 1 aromatic carbocycles. The third-order valence-corrected chi connectivity index (χ3v) is 5.24. The minimum atomic E-state index is -0.0315. The summed E-state index contributed by atoms with van der Waals surface area (Å²) in [5.74, 6) is 1.23. The van der Waals surface area contributed by atoms with Crippen LogP contribution in [0, 0.1) is 6.92 Å². The lowest BCUT2D eigenvalue weighted by Crippen LogP contribution is -2.28. The predicted molar refractivity (Wildman–Crippen MR) is 113 cm³/mol. The Hall–Kier alpha value is -0.480. The quantitative estimate of drug-likeness (QED) is 0.363. The minimum Gasteiger partial charge on any atom is -0.382 e. The van der Waals surface area contributed by atoms with Crippen LogP contribution in [0.1, 0.15) is 53.0 Å². The van der Waals surface area contributed by atoms with Crippen molar-refractivity contribution in [1.82, 2.24) is 0 Å². The molecule has 132 valence electrons. The Morgan fingerprint density at radius 3 is 2.39 bits per heavy atom. The number of para-hydroxylation sites is 1. The number of anilines is 2. The van der Waals surface area contributed by atoms with Gasteiger partial charge in [0.2, 0.25) is 0 Å². The number of rotatable bonds is 10. The normalized spacial score (nSPS) is 12.3. The van der Waals surface area contributed by atoms with E-state index in [1.807, 2.05) is 0 Å². The zero-order valence-electron chi connectivity index (χ0n) is 15.6. The number of benzene rings is 1. The van der Waals surface area contributed by atoms with Gasteiger partial charge in [0.25, 0.3) is 0 Å². The maximum atomic E-state index is 4.60. The van der Waals surface area contributed by atoms with E-state index in [1.165, 1.54) is 35.5 Å². The number of aryl methyl sites for hydroxylation is 1. The Balaban J connectivity index is 2.71. The summed E-state index contributed by atoms with van der Waals surface area (Å²) in [6, 6.07) is 6.41. The Bertz CT molecular complexity index is 479. The van der Waals surface area contributed by atoms with Gasteiger partial charge in [-0.1, -0.05) is 25.5 Å². The second kappa shape index (κ2) is 9.12. The summed E-state index contributed by atoms with van der Waals surface area (Å²) in [5, 5.41) is 7.21. The number of nitrogens with one attached hydrogen (secondary N) is 2. The van der Waals surface area contributed by atoms with Crippen molar-refractivity contribution in [2.75, 3.05) is 29.5 Å². The van der Waals surface area contributed by atoms with E-state index in [4.69, 9.17) is 0 Å². The smallest absolute Gasteiger partial charge is 0.0606 e. The first-order valence-corrected chi connectivity index (χ1v) is 10.0. The first-order valence-electron chi connectivity index (χ1n) is 8.58. The number of thiol groups is 1. The molecule has 0 aromatic heterocycles. The molecule has 0 amide bonds. The van der Waals surface area contributed by atoms with E-state index in [-0.39, 0.29) is 9.49 Å². The maximum Gasteiger partial charge on any atom is 0.0606 e. The molecule has 0 fully saturated rings. The third kappa shape index (κ3) is 8.25. The maximum absolute atomic E-state index is 4.60. The van der Waals surface area contributed by atoms with E-state index < -0.39 is 0 Å². The van der Waals surface area contributed by atoms with E-state index in [0.717, 1.165) is 13.1 Å². The second-order valence-corrected chi connectivity index (χ2v) is 10.5. The lowest BCUT2D eigenvalue weighted by atomic mass is 10.1. The first-order chi connectivity index (χ1) is 10.6. The van der Waals surface area contributed by atoms with Crippen LogP contribution in [0.3, 0.4) is 0 Å². The summed E-state index contributed by atoms with van der Waals surface area (Å²) >= 11 is 6.66. The topological polar surface area (TPSA) is 24.1 Å². The van der Waals surface area contributed by atoms with Crippen molar-refractivity contribution in [2.24, 2.45) is 0 Å². The summed E-state index contributed by atoms with van der Waals surface area (Å²) in [7, 11) is 0. The van der Waals surface area contributed by atoms with E-state index in [9.17, 15) is 0 Å². The van der Waals surface area contributed by atoms with Crippen LogP contribution in [0.25, 0.3) is 0 Å². The molecular formula is C19H34N2S2. The fraction of sp³-hybridized carbons (Fsp3) is 0.684. The Labute approximate surface area is 153 Å². The van der Waals surface area contributed by atoms with Crippen molar-refractivity contribution in [2.45, 2.75) is 63.9 Å². The van der Waals surface area contributed by atoms with Crippen molar-refractivity contribution >= 4 is 35.8 Å². The molecule has 23 heavy (non-hydrogen) atoms. The van der Waals surface area contributed by atoms with Gasteiger partial charge in [-0.05, 0) is 58.4 Å². The molecule has 0 aliphatic rings. The van der Waals surface area contributed by atoms with E-state index in [1.54, 1.807) is 0 Å². The molecule has 4 heteroatoms. The standard InChI is InChI=1S/C19H34N2S2/c1-7-8-12-23-19(5,6)14-21-17-15(2)10-9-11-16(17)20-13-18(3,4)22/h9-11,20-22H,7-8,12-14H2,1-6H3. The van der Waals surface area contributed by atoms with Crippen molar-refractivity contribution in [3.05, 3.63) is 23.8 Å². The van der Waals surface area contributed by atoms with Gasteiger partial charge in [-0.25, -0.2) is 0 Å². The highest BCUT2D eigenvalue weighted by Crippen LogP contribution is 2.30. The molecule has 0 aliphatic heterocycles. The van der Waals surface area contributed by atoms with Crippen LogP contribution in [-0.2, 0) is 0 Å². The molecule has 0 unspecified atom stereocenters. The molecule has 0 spiro atoms. The zero-order valence-corrected chi connectivity index (χ0v) is 17.3. The molecular weight excluding hydrogens is 320 g/mol. The van der Waals surface area contributed by atoms with Crippen molar-refractivity contribution < 1.29 is 0 Å². The molecule has 0 saturated heterocycles. The monoisotopic (exact) mass is 354 g/mol. The van der Waals surface area contributed by atoms with Crippen LogP contribution in [0.4, 0.5) is 11.4 Å². The molecule has 0 heterocycles. The van der Waals surface area contributed by atoms with E-state index >= 15 is 0 Å². The minimum absolute atomic E-state index is 0.0315. The summed E-state index contributed by atoms with van der Waals surface area (Å²) in [5.41, 5.74) is 3.66. The highest BCUT2D eigenvalue weighted by Gasteiger charge is 2.19. The highest BCUT2D eigenvalue weighted by molar-refractivity contribution is 8.00. The van der Waals surface area contributed by atoms with Crippen LogP contribution < -0.4 is 10.6 Å². The summed E-state index contributed by atoms with van der Waals surface area (Å²) in [6.07, 6.45) is 2.56. The van der Waals surface area contributed by atoms with Crippen molar-refractivity contribution in [3.63, 3.8) is 0 Å². The number of hydrogen-bond donors (Lipinski definition) is 3. The summed E-state index contributed by atoms with van der Waals surface area (Å²) in [4.78, 5) is 0. The van der Waals surface area contributed by atoms with Crippen LogP contribution in [0.5, 0.6) is 0 Å². The van der Waals surface area contributed by atoms with E-state index in [2.05, 4.69) is 94.8 Å². The largest absolute Gasteiger partial charge is 0.382 e. The van der Waals surface area contributed by atoms with Crippen LogP contribution >= 0.6 is 24.4 Å². The molecule has 1 aromatic rings. The van der Waals surface area contributed by atoms with Crippen molar-refractivity contribution in [3.8, 4) is 0 Å². The second-order valence-electron chi connectivity index (χ2n) is 7.48. The van der Waals surface area contributed by atoms with Gasteiger partial charge in [-0.2, -0.15) is 24.4 Å². The molecule has 0 saturated carbocycles. The number of unbranched alkanes of at least 4 members (excludes halogenated alkanes) is 1. The predicted octanol–water partition coefficient (Wildman–Crippen LogP) is 5.84. The average molecular weight is 355 g/mol. The van der Waals surface area contributed by atoms with Gasteiger partial charge in [-0.15, -0.1) is 0 Å². The molecule has 0 aliphatic carbocycles. The van der Waals surface area contributed by atoms with Gasteiger partial charge in [-0.3, -0.25) is 0 Å². The SMILES string of the molecule is CCCCSC(C)(C)CNc1c(C)cccc1NCC(C)(C)S. The lowest BCUT2D eigenvalue weighted by molar-refractivity contribution is 0.743. The highest BCUT2D eigenvalue weighted by atomic mass is 32.2. The van der Waals surface area contributed by atoms with Crippen LogP contribution in [-0.4, -0.2) is 28.3 Å². The van der Waals surface area contributed by atoms with E-state index in [0.29, 0.717) is 0 Å². The fourth-order valence-electron chi connectivity index (χ4n) is 2.21. The zero-order chi connectivity index (χ0) is 17.5. The number of hydrogen-bond acceptors (Lipinski definition) is 4. The average Bonchev–Trinajstić information content (AvgIpc) is 2.43. The number of thioether (sulfide) groups is 1. The Morgan fingerprint density at radius 1 is 1.09 bits per heavy atom. The summed E-state index contributed by atoms with van der Waals surface area (Å²) < 4.78 is 0.202.